The summed E-state index contributed by atoms with van der Waals surface area (Å²) in [4.78, 5) is 29.9. The third kappa shape index (κ3) is 5.62. The predicted octanol–water partition coefficient (Wildman–Crippen LogP) is 2.39. The zero-order valence-corrected chi connectivity index (χ0v) is 22.2. The number of ketones is 1. The van der Waals surface area contributed by atoms with E-state index in [-0.39, 0.29) is 29.1 Å². The zero-order valence-electron chi connectivity index (χ0n) is 21.4. The summed E-state index contributed by atoms with van der Waals surface area (Å²) in [7, 11) is 0.0535. The number of aryl methyl sites for hydroxylation is 1. The maximum atomic E-state index is 13.2. The first-order valence-corrected chi connectivity index (χ1v) is 13.7. The van der Waals surface area contributed by atoms with E-state index in [2.05, 4.69) is 0 Å². The molecule has 198 valence electrons. The average molecular weight is 528 g/mol. The molecule has 2 aliphatic rings. The van der Waals surface area contributed by atoms with Gasteiger partial charge in [0.25, 0.3) is 11.7 Å². The minimum absolute atomic E-state index is 0.00514. The largest absolute Gasteiger partial charge is 0.507 e. The van der Waals surface area contributed by atoms with Crippen LogP contribution in [0.5, 0.6) is 0 Å². The van der Waals surface area contributed by atoms with Gasteiger partial charge in [-0.15, -0.1) is 0 Å². The van der Waals surface area contributed by atoms with Crippen molar-refractivity contribution in [2.45, 2.75) is 24.3 Å². The molecule has 2 aromatic rings. The van der Waals surface area contributed by atoms with Gasteiger partial charge in [-0.25, -0.2) is 8.42 Å². The molecular formula is C27H33N3O6S. The highest BCUT2D eigenvalue weighted by molar-refractivity contribution is 7.89. The van der Waals surface area contributed by atoms with Crippen LogP contribution in [0.1, 0.15) is 29.2 Å². The Balaban J connectivity index is 1.77. The number of aliphatic hydroxyl groups is 1. The fourth-order valence-electron chi connectivity index (χ4n) is 4.66. The molecule has 9 nitrogen and oxygen atoms in total. The van der Waals surface area contributed by atoms with Crippen molar-refractivity contribution in [1.82, 2.24) is 14.1 Å². The molecule has 1 N–H and O–H groups in total. The first kappa shape index (κ1) is 27.0. The highest BCUT2D eigenvalue weighted by Crippen LogP contribution is 2.39. The standard InChI is InChI=1S/C27H33N3O6S/c1-19-8-10-20(11-9-19)24-23(26(32)27(33)30(24)13-5-12-28(2)3)25(31)21-6-4-7-22(18-21)37(34,35)29-14-16-36-17-15-29/h4,6-11,18,24,31H,5,12-17H2,1-3H3/t24-/m1/s1. The number of amides is 1. The number of ether oxygens (including phenoxy) is 1. The van der Waals surface area contributed by atoms with Crippen LogP contribution in [0.2, 0.25) is 0 Å². The molecule has 0 spiro atoms. The highest BCUT2D eigenvalue weighted by atomic mass is 32.2. The minimum Gasteiger partial charge on any atom is -0.507 e. The van der Waals surface area contributed by atoms with Gasteiger partial charge in [0.1, 0.15) is 5.76 Å². The lowest BCUT2D eigenvalue weighted by molar-refractivity contribution is -0.139. The number of Topliss-reactive ketones (excluding diaryl/α,β-unsaturated/α-hetero) is 1. The smallest absolute Gasteiger partial charge is 0.295 e. The molecule has 2 aliphatic heterocycles. The van der Waals surface area contributed by atoms with Crippen LogP contribution in [0.3, 0.4) is 0 Å². The lowest BCUT2D eigenvalue weighted by Gasteiger charge is -2.26. The topological polar surface area (TPSA) is 107 Å². The molecular weight excluding hydrogens is 494 g/mol. The molecule has 0 bridgehead atoms. The molecule has 4 rings (SSSR count). The number of sulfonamides is 1. The highest BCUT2D eigenvalue weighted by Gasteiger charge is 2.45. The second kappa shape index (κ2) is 11.1. The first-order chi connectivity index (χ1) is 17.6. The summed E-state index contributed by atoms with van der Waals surface area (Å²) in [6.07, 6.45) is 0.649. The van der Waals surface area contributed by atoms with Gasteiger partial charge in [-0.1, -0.05) is 42.0 Å². The number of hydrogen-bond acceptors (Lipinski definition) is 7. The van der Waals surface area contributed by atoms with Crippen LogP contribution in [0.25, 0.3) is 5.76 Å². The second-order valence-corrected chi connectivity index (χ2v) is 11.5. The van der Waals surface area contributed by atoms with Crippen LogP contribution >= 0.6 is 0 Å². The fourth-order valence-corrected chi connectivity index (χ4v) is 6.11. The maximum absolute atomic E-state index is 13.2. The van der Waals surface area contributed by atoms with Crippen LogP contribution in [-0.2, 0) is 24.3 Å². The lowest BCUT2D eigenvalue weighted by atomic mass is 9.94. The molecule has 1 atom stereocenters. The van der Waals surface area contributed by atoms with Gasteiger partial charge in [-0.05, 0) is 51.7 Å². The number of carbonyl (C=O) groups is 2. The number of nitrogens with zero attached hydrogens (tertiary/aromatic N) is 3. The third-order valence-corrected chi connectivity index (χ3v) is 8.55. The van der Waals surface area contributed by atoms with E-state index in [9.17, 15) is 23.1 Å². The summed E-state index contributed by atoms with van der Waals surface area (Å²) < 4.78 is 33.0. The Morgan fingerprint density at radius 2 is 1.76 bits per heavy atom. The number of benzene rings is 2. The average Bonchev–Trinajstić information content (AvgIpc) is 3.14. The molecule has 1 amide bonds. The van der Waals surface area contributed by atoms with Gasteiger partial charge in [0, 0.05) is 25.2 Å². The van der Waals surface area contributed by atoms with E-state index in [0.29, 0.717) is 31.7 Å². The predicted molar refractivity (Wildman–Crippen MR) is 139 cm³/mol. The van der Waals surface area contributed by atoms with Crippen molar-refractivity contribution < 1.29 is 27.9 Å². The molecule has 0 aliphatic carbocycles. The normalized spacial score (nSPS) is 20.6. The summed E-state index contributed by atoms with van der Waals surface area (Å²) in [6, 6.07) is 12.6. The minimum atomic E-state index is -3.81. The molecule has 10 heteroatoms. The van der Waals surface area contributed by atoms with Crippen molar-refractivity contribution in [1.29, 1.82) is 0 Å². The van der Waals surface area contributed by atoms with E-state index in [0.717, 1.165) is 12.1 Å². The number of morpholine rings is 1. The first-order valence-electron chi connectivity index (χ1n) is 12.3. The molecule has 2 heterocycles. The van der Waals surface area contributed by atoms with E-state index >= 15 is 0 Å². The SMILES string of the molecule is Cc1ccc([C@@H]2C(=C(O)c3cccc(S(=O)(=O)N4CCOCC4)c3)C(=O)C(=O)N2CCCN(C)C)cc1. The Morgan fingerprint density at radius 1 is 1.08 bits per heavy atom. The van der Waals surface area contributed by atoms with Gasteiger partial charge in [0.15, 0.2) is 0 Å². The van der Waals surface area contributed by atoms with Crippen molar-refractivity contribution >= 4 is 27.5 Å². The maximum Gasteiger partial charge on any atom is 0.295 e. The van der Waals surface area contributed by atoms with Gasteiger partial charge in [-0.3, -0.25) is 9.59 Å². The third-order valence-electron chi connectivity index (χ3n) is 6.65. The van der Waals surface area contributed by atoms with Crippen molar-refractivity contribution in [3.8, 4) is 0 Å². The Labute approximate surface area is 218 Å². The van der Waals surface area contributed by atoms with Gasteiger partial charge in [-0.2, -0.15) is 4.31 Å². The van der Waals surface area contributed by atoms with E-state index < -0.39 is 33.5 Å². The molecule has 2 aromatic carbocycles. The van der Waals surface area contributed by atoms with Crippen LogP contribution in [0, 0.1) is 6.92 Å². The summed E-state index contributed by atoms with van der Waals surface area (Å²) in [5.74, 6) is -1.85. The van der Waals surface area contributed by atoms with Crippen molar-refractivity contribution in [3.63, 3.8) is 0 Å². The monoisotopic (exact) mass is 527 g/mol. The van der Waals surface area contributed by atoms with Crippen molar-refractivity contribution in [2.24, 2.45) is 0 Å². The quantitative estimate of drug-likeness (QED) is 0.319. The Kier molecular flexibility index (Phi) is 8.13. The molecule has 0 unspecified atom stereocenters. The fraction of sp³-hybridized carbons (Fsp3) is 0.407. The van der Waals surface area contributed by atoms with Gasteiger partial charge in [0.2, 0.25) is 10.0 Å². The Morgan fingerprint density at radius 3 is 2.41 bits per heavy atom. The Hall–Kier alpha value is -3.05. The summed E-state index contributed by atoms with van der Waals surface area (Å²) in [5, 5.41) is 11.4. The second-order valence-electron chi connectivity index (χ2n) is 9.60. The zero-order chi connectivity index (χ0) is 26.7. The number of rotatable bonds is 8. The van der Waals surface area contributed by atoms with Gasteiger partial charge < -0.3 is 19.6 Å². The van der Waals surface area contributed by atoms with Crippen LogP contribution in [0.15, 0.2) is 59.0 Å². The Bertz CT molecular complexity index is 1300. The van der Waals surface area contributed by atoms with Gasteiger partial charge >= 0.3 is 0 Å². The van der Waals surface area contributed by atoms with Crippen LogP contribution in [-0.4, -0.2) is 92.8 Å². The van der Waals surface area contributed by atoms with Crippen molar-refractivity contribution in [3.05, 3.63) is 70.8 Å². The summed E-state index contributed by atoms with van der Waals surface area (Å²) in [6.45, 7) is 4.11. The molecule has 2 fully saturated rings. The molecule has 0 aromatic heterocycles. The number of hydrogen-bond donors (Lipinski definition) is 1. The van der Waals surface area contributed by atoms with E-state index in [1.807, 2.05) is 50.2 Å². The molecule has 2 saturated heterocycles. The molecule has 0 radical (unpaired) electrons. The number of aliphatic hydroxyl groups excluding tert-OH is 1. The number of likely N-dealkylation sites (tertiary alicyclic amines) is 1. The molecule has 0 saturated carbocycles. The summed E-state index contributed by atoms with van der Waals surface area (Å²) >= 11 is 0. The van der Waals surface area contributed by atoms with Gasteiger partial charge in [0.05, 0.1) is 29.7 Å². The van der Waals surface area contributed by atoms with Crippen molar-refractivity contribution in [2.75, 3.05) is 53.5 Å². The van der Waals surface area contributed by atoms with Crippen LogP contribution in [0.4, 0.5) is 0 Å². The van der Waals surface area contributed by atoms with E-state index in [1.165, 1.54) is 27.4 Å². The summed E-state index contributed by atoms with van der Waals surface area (Å²) in [5.41, 5.74) is 1.85. The van der Waals surface area contributed by atoms with E-state index in [4.69, 9.17) is 4.74 Å². The van der Waals surface area contributed by atoms with Crippen LogP contribution < -0.4 is 0 Å². The lowest BCUT2D eigenvalue weighted by Crippen LogP contribution is -2.40. The number of carbonyl (C=O) groups excluding carboxylic acids is 2. The van der Waals surface area contributed by atoms with E-state index in [1.54, 1.807) is 6.07 Å². The molecule has 37 heavy (non-hydrogen) atoms.